The lowest BCUT2D eigenvalue weighted by molar-refractivity contribution is 0.193. The van der Waals surface area contributed by atoms with E-state index in [9.17, 15) is 9.59 Å². The van der Waals surface area contributed by atoms with E-state index in [1.807, 2.05) is 0 Å². The minimum absolute atomic E-state index is 0.0592. The van der Waals surface area contributed by atoms with Crippen LogP contribution in [0.15, 0.2) is 33.5 Å². The summed E-state index contributed by atoms with van der Waals surface area (Å²) in [6.07, 6.45) is -1.17. The fourth-order valence-electron chi connectivity index (χ4n) is 1.83. The maximum Gasteiger partial charge on any atom is 0.405 e. The van der Waals surface area contributed by atoms with E-state index >= 15 is 0 Å². The molecule has 1 aromatic carbocycles. The van der Waals surface area contributed by atoms with E-state index in [-0.39, 0.29) is 17.7 Å². The lowest BCUT2D eigenvalue weighted by Crippen LogP contribution is -2.20. The maximum absolute atomic E-state index is 12.1. The van der Waals surface area contributed by atoms with Crippen LogP contribution < -0.4 is 10.7 Å². The van der Waals surface area contributed by atoms with Crippen LogP contribution >= 0.6 is 0 Å². The summed E-state index contributed by atoms with van der Waals surface area (Å²) in [5.74, 6) is 3.36. The number of carbonyl (C=O) groups is 1. The van der Waals surface area contributed by atoms with E-state index in [1.54, 1.807) is 18.2 Å². The maximum atomic E-state index is 12.1. The number of rotatable bonds is 2. The molecule has 2 aromatic rings. The number of hydrogen-bond donors (Lipinski definition) is 2. The number of amides is 1. The highest BCUT2D eigenvalue weighted by atomic mass is 28.3. The first kappa shape index (κ1) is 15.9. The second-order valence-electron chi connectivity index (χ2n) is 5.92. The van der Waals surface area contributed by atoms with E-state index in [0.29, 0.717) is 16.5 Å². The molecule has 1 amide bonds. The molecule has 0 aliphatic heterocycles. The molecule has 22 heavy (non-hydrogen) atoms. The van der Waals surface area contributed by atoms with Crippen molar-refractivity contribution in [3.8, 4) is 11.5 Å². The third-order valence-corrected chi connectivity index (χ3v) is 3.67. The molecule has 1 heterocycles. The monoisotopic (exact) mass is 315 g/mol. The standard InChI is InChI=1S/C16H17NO4Si/c1-22(2,3)8-7-11-5-4-6-13-14(18)9-12(21-15(11)13)10-17-16(19)20/h4-6,9,17H,10H2,1-3H3,(H,19,20). The van der Waals surface area contributed by atoms with Crippen LogP contribution in [0, 0.1) is 11.5 Å². The van der Waals surface area contributed by atoms with Crippen LogP contribution in [-0.2, 0) is 6.54 Å². The Hall–Kier alpha value is -2.52. The Kier molecular flexibility index (Phi) is 4.38. The minimum Gasteiger partial charge on any atom is -0.465 e. The molecule has 6 heteroatoms. The zero-order chi connectivity index (χ0) is 16.3. The average Bonchev–Trinajstić information content (AvgIpc) is 2.42. The Labute approximate surface area is 129 Å². The molecule has 0 aliphatic rings. The van der Waals surface area contributed by atoms with Crippen LogP contribution in [0.4, 0.5) is 4.79 Å². The summed E-state index contributed by atoms with van der Waals surface area (Å²) in [6, 6.07) is 6.54. The summed E-state index contributed by atoms with van der Waals surface area (Å²) in [5.41, 5.74) is 4.08. The van der Waals surface area contributed by atoms with Crippen molar-refractivity contribution in [2.45, 2.75) is 26.2 Å². The van der Waals surface area contributed by atoms with Gasteiger partial charge >= 0.3 is 6.09 Å². The van der Waals surface area contributed by atoms with Crippen LogP contribution in [0.1, 0.15) is 11.3 Å². The lowest BCUT2D eigenvalue weighted by atomic mass is 10.1. The van der Waals surface area contributed by atoms with Crippen molar-refractivity contribution in [2.75, 3.05) is 0 Å². The molecule has 0 saturated heterocycles. The largest absolute Gasteiger partial charge is 0.465 e. The topological polar surface area (TPSA) is 79.5 Å². The van der Waals surface area contributed by atoms with E-state index in [1.165, 1.54) is 6.07 Å². The summed E-state index contributed by atoms with van der Waals surface area (Å²) in [4.78, 5) is 22.7. The third kappa shape index (κ3) is 3.99. The molecular formula is C16H17NO4Si. The molecule has 0 unspecified atom stereocenters. The Morgan fingerprint density at radius 2 is 2.09 bits per heavy atom. The van der Waals surface area contributed by atoms with E-state index in [4.69, 9.17) is 9.52 Å². The molecule has 0 fully saturated rings. The molecule has 0 atom stereocenters. The van der Waals surface area contributed by atoms with Crippen molar-refractivity contribution in [3.05, 3.63) is 45.8 Å². The predicted octanol–water partition coefficient (Wildman–Crippen LogP) is 2.79. The molecule has 0 radical (unpaired) electrons. The van der Waals surface area contributed by atoms with Crippen molar-refractivity contribution in [1.29, 1.82) is 0 Å². The predicted molar refractivity (Wildman–Crippen MR) is 87.6 cm³/mol. The molecule has 2 N–H and O–H groups in total. The summed E-state index contributed by atoms with van der Waals surface area (Å²) >= 11 is 0. The molecule has 5 nitrogen and oxygen atoms in total. The summed E-state index contributed by atoms with van der Waals surface area (Å²) in [5, 5.41) is 11.3. The number of fused-ring (bicyclic) bond motifs is 1. The molecular weight excluding hydrogens is 298 g/mol. The minimum atomic E-state index is -1.56. The molecule has 0 aliphatic carbocycles. The highest BCUT2D eigenvalue weighted by molar-refractivity contribution is 6.83. The van der Waals surface area contributed by atoms with Gasteiger partial charge in [0.1, 0.15) is 13.8 Å². The first-order valence-corrected chi connectivity index (χ1v) is 10.3. The summed E-state index contributed by atoms with van der Waals surface area (Å²) in [7, 11) is -1.56. The van der Waals surface area contributed by atoms with Gasteiger partial charge in [0.2, 0.25) is 0 Å². The molecule has 2 rings (SSSR count). The van der Waals surface area contributed by atoms with Crippen molar-refractivity contribution in [2.24, 2.45) is 0 Å². The van der Waals surface area contributed by atoms with Gasteiger partial charge in [-0.3, -0.25) is 4.79 Å². The van der Waals surface area contributed by atoms with E-state index in [2.05, 4.69) is 36.4 Å². The normalized spacial score (nSPS) is 10.9. The Bertz CT molecular complexity index is 837. The van der Waals surface area contributed by atoms with Crippen molar-refractivity contribution < 1.29 is 14.3 Å². The molecule has 0 spiro atoms. The molecule has 0 bridgehead atoms. The number of carboxylic acid groups (broad SMARTS) is 1. The van der Waals surface area contributed by atoms with Gasteiger partial charge in [0, 0.05) is 6.07 Å². The van der Waals surface area contributed by atoms with Gasteiger partial charge in [-0.2, -0.15) is 0 Å². The average molecular weight is 315 g/mol. The second kappa shape index (κ2) is 6.08. The highest BCUT2D eigenvalue weighted by Crippen LogP contribution is 2.17. The Morgan fingerprint density at radius 3 is 2.73 bits per heavy atom. The van der Waals surface area contributed by atoms with Gasteiger partial charge in [-0.1, -0.05) is 31.6 Å². The van der Waals surface area contributed by atoms with Crippen molar-refractivity contribution in [3.63, 3.8) is 0 Å². The van der Waals surface area contributed by atoms with Gasteiger partial charge in [-0.25, -0.2) is 4.79 Å². The van der Waals surface area contributed by atoms with Crippen LogP contribution in [0.25, 0.3) is 11.0 Å². The first-order chi connectivity index (χ1) is 10.3. The smallest absolute Gasteiger partial charge is 0.405 e. The van der Waals surface area contributed by atoms with Gasteiger partial charge in [0.15, 0.2) is 11.0 Å². The van der Waals surface area contributed by atoms with Crippen LogP contribution in [-0.4, -0.2) is 19.3 Å². The Morgan fingerprint density at radius 1 is 1.36 bits per heavy atom. The second-order valence-corrected chi connectivity index (χ2v) is 10.7. The van der Waals surface area contributed by atoms with Crippen molar-refractivity contribution >= 4 is 25.1 Å². The first-order valence-electron chi connectivity index (χ1n) is 6.82. The zero-order valence-electron chi connectivity index (χ0n) is 12.7. The van der Waals surface area contributed by atoms with Crippen molar-refractivity contribution in [1.82, 2.24) is 5.32 Å². The number of benzene rings is 1. The molecule has 0 saturated carbocycles. The van der Waals surface area contributed by atoms with Crippen LogP contribution in [0.5, 0.6) is 0 Å². The summed E-state index contributed by atoms with van der Waals surface area (Å²) < 4.78 is 5.68. The third-order valence-electron chi connectivity index (χ3n) is 2.79. The Balaban J connectivity index is 2.55. The lowest BCUT2D eigenvalue weighted by Gasteiger charge is -2.06. The fourth-order valence-corrected chi connectivity index (χ4v) is 2.34. The number of para-hydroxylation sites is 1. The quantitative estimate of drug-likeness (QED) is 0.660. The van der Waals surface area contributed by atoms with Crippen LogP contribution in [0.3, 0.4) is 0 Å². The van der Waals surface area contributed by atoms with Gasteiger partial charge in [-0.05, 0) is 12.1 Å². The van der Waals surface area contributed by atoms with E-state index < -0.39 is 14.2 Å². The van der Waals surface area contributed by atoms with Gasteiger partial charge in [0.05, 0.1) is 17.5 Å². The number of nitrogens with one attached hydrogen (secondary N) is 1. The van der Waals surface area contributed by atoms with Crippen LogP contribution in [0.2, 0.25) is 19.6 Å². The fraction of sp³-hybridized carbons (Fsp3) is 0.250. The molecule has 114 valence electrons. The molecule has 1 aromatic heterocycles. The van der Waals surface area contributed by atoms with E-state index in [0.717, 1.165) is 0 Å². The SMILES string of the molecule is C[Si](C)(C)C#Cc1cccc2c(=O)cc(CNC(=O)O)oc12. The zero-order valence-corrected chi connectivity index (χ0v) is 13.7. The summed E-state index contributed by atoms with van der Waals surface area (Å²) in [6.45, 7) is 6.33. The number of hydrogen-bond acceptors (Lipinski definition) is 3. The van der Waals surface area contributed by atoms with Gasteiger partial charge in [-0.15, -0.1) is 5.54 Å². The van der Waals surface area contributed by atoms with Gasteiger partial charge < -0.3 is 14.8 Å². The van der Waals surface area contributed by atoms with Gasteiger partial charge in [0.25, 0.3) is 0 Å². The highest BCUT2D eigenvalue weighted by Gasteiger charge is 2.11.